The molecule has 2 rings (SSSR count). The Morgan fingerprint density at radius 3 is 2.67 bits per heavy atom. The summed E-state index contributed by atoms with van der Waals surface area (Å²) < 4.78 is 0.872. The molecule has 1 atom stereocenters. The molecule has 84 valence electrons. The summed E-state index contributed by atoms with van der Waals surface area (Å²) in [6.45, 7) is 4.53. The zero-order chi connectivity index (χ0) is 10.7. The highest BCUT2D eigenvalue weighted by atomic mass is 35.5. The van der Waals surface area contributed by atoms with Gasteiger partial charge in [-0.2, -0.15) is 0 Å². The maximum Gasteiger partial charge on any atom is 0.0931 e. The lowest BCUT2D eigenvalue weighted by atomic mass is 10.2. The van der Waals surface area contributed by atoms with Crippen LogP contribution in [0.3, 0.4) is 0 Å². The number of rotatable bonds is 3. The van der Waals surface area contributed by atoms with Gasteiger partial charge in [0.1, 0.15) is 0 Å². The summed E-state index contributed by atoms with van der Waals surface area (Å²) in [7, 11) is 0. The Morgan fingerprint density at radius 2 is 2.07 bits per heavy atom. The molecule has 0 aliphatic carbocycles. The Hall–Kier alpha value is -0.0900. The van der Waals surface area contributed by atoms with Crippen LogP contribution in [0.25, 0.3) is 0 Å². The number of nitrogens with zero attached hydrogens (tertiary/aromatic N) is 1. The second-order valence-corrected chi connectivity index (χ2v) is 5.79. The van der Waals surface area contributed by atoms with Crippen molar-refractivity contribution in [1.29, 1.82) is 0 Å². The number of hydrogen-bond acceptors (Lipinski definition) is 3. The van der Waals surface area contributed by atoms with E-state index >= 15 is 0 Å². The Labute approximate surface area is 100 Å². The third-order valence-corrected chi connectivity index (χ3v) is 4.17. The van der Waals surface area contributed by atoms with Gasteiger partial charge in [-0.3, -0.25) is 0 Å². The van der Waals surface area contributed by atoms with Crippen LogP contribution in [0.5, 0.6) is 0 Å². The molecule has 1 aliphatic heterocycles. The third-order valence-electron chi connectivity index (χ3n) is 2.75. The first kappa shape index (κ1) is 11.4. The molecule has 0 saturated carbocycles. The Morgan fingerprint density at radius 1 is 1.33 bits per heavy atom. The molecule has 1 saturated heterocycles. The molecule has 0 radical (unpaired) electrons. The van der Waals surface area contributed by atoms with E-state index in [0.717, 1.165) is 4.34 Å². The summed E-state index contributed by atoms with van der Waals surface area (Å²) in [5, 5.41) is 2.34. The molecule has 0 spiro atoms. The van der Waals surface area contributed by atoms with Crippen LogP contribution < -0.4 is 5.43 Å². The highest BCUT2D eigenvalue weighted by molar-refractivity contribution is 7.16. The molecule has 1 aromatic rings. The summed E-state index contributed by atoms with van der Waals surface area (Å²) in [5.74, 6) is 0. The summed E-state index contributed by atoms with van der Waals surface area (Å²) in [6.07, 6.45) is 3.99. The van der Waals surface area contributed by atoms with Crippen LogP contribution in [-0.2, 0) is 0 Å². The van der Waals surface area contributed by atoms with Crippen LogP contribution in [0.1, 0.15) is 37.1 Å². The molecule has 0 aromatic carbocycles. The lowest BCUT2D eigenvalue weighted by Gasteiger charge is -2.29. The largest absolute Gasteiger partial charge is 0.247 e. The first-order chi connectivity index (χ1) is 7.25. The Kier molecular flexibility index (Phi) is 4.03. The Balaban J connectivity index is 1.88. The minimum Gasteiger partial charge on any atom is -0.247 e. The third kappa shape index (κ3) is 3.18. The van der Waals surface area contributed by atoms with Crippen molar-refractivity contribution in [2.75, 3.05) is 13.1 Å². The van der Waals surface area contributed by atoms with Crippen LogP contribution in [0.2, 0.25) is 4.34 Å². The molecule has 1 N–H and O–H groups in total. The number of nitrogens with one attached hydrogen (secondary N) is 1. The highest BCUT2D eigenvalue weighted by Crippen LogP contribution is 2.27. The fourth-order valence-electron chi connectivity index (χ4n) is 1.92. The van der Waals surface area contributed by atoms with Gasteiger partial charge in [-0.15, -0.1) is 11.3 Å². The van der Waals surface area contributed by atoms with Crippen LogP contribution in [0.15, 0.2) is 12.1 Å². The zero-order valence-corrected chi connectivity index (χ0v) is 10.6. The zero-order valence-electron chi connectivity index (χ0n) is 9.00. The smallest absolute Gasteiger partial charge is 0.0931 e. The van der Waals surface area contributed by atoms with Gasteiger partial charge in [-0.1, -0.05) is 18.0 Å². The van der Waals surface area contributed by atoms with Gasteiger partial charge >= 0.3 is 0 Å². The first-order valence-corrected chi connectivity index (χ1v) is 6.71. The van der Waals surface area contributed by atoms with Gasteiger partial charge < -0.3 is 0 Å². The van der Waals surface area contributed by atoms with Crippen LogP contribution in [0, 0.1) is 0 Å². The van der Waals surface area contributed by atoms with E-state index in [1.54, 1.807) is 11.3 Å². The van der Waals surface area contributed by atoms with Crippen molar-refractivity contribution in [2.24, 2.45) is 0 Å². The summed E-state index contributed by atoms with van der Waals surface area (Å²) in [6, 6.07) is 4.45. The molecule has 1 fully saturated rings. The molecule has 2 nitrogen and oxygen atoms in total. The van der Waals surface area contributed by atoms with Gasteiger partial charge in [0.15, 0.2) is 0 Å². The predicted octanol–water partition coefficient (Wildman–Crippen LogP) is 3.45. The molecule has 0 bridgehead atoms. The number of thiophene rings is 1. The number of hydrazine groups is 1. The van der Waals surface area contributed by atoms with E-state index in [1.807, 2.05) is 6.07 Å². The first-order valence-electron chi connectivity index (χ1n) is 5.52. The monoisotopic (exact) mass is 244 g/mol. The number of piperidine rings is 1. The second-order valence-electron chi connectivity index (χ2n) is 4.04. The molecule has 4 heteroatoms. The highest BCUT2D eigenvalue weighted by Gasteiger charge is 2.14. The molecule has 1 aliphatic rings. The van der Waals surface area contributed by atoms with Crippen molar-refractivity contribution in [3.8, 4) is 0 Å². The topological polar surface area (TPSA) is 15.3 Å². The standard InChI is InChI=1S/C11H17ClN2S/c1-9(10-5-6-11(12)15-10)13-14-7-3-2-4-8-14/h5-6,9,13H,2-4,7-8H2,1H3. The van der Waals surface area contributed by atoms with Crippen molar-refractivity contribution < 1.29 is 0 Å². The van der Waals surface area contributed by atoms with Crippen LogP contribution in [-0.4, -0.2) is 18.1 Å². The van der Waals surface area contributed by atoms with Crippen LogP contribution >= 0.6 is 22.9 Å². The van der Waals surface area contributed by atoms with Gasteiger partial charge in [-0.25, -0.2) is 10.4 Å². The maximum atomic E-state index is 5.92. The molecular weight excluding hydrogens is 228 g/mol. The van der Waals surface area contributed by atoms with Crippen molar-refractivity contribution in [2.45, 2.75) is 32.2 Å². The molecular formula is C11H17ClN2S. The van der Waals surface area contributed by atoms with Crippen molar-refractivity contribution in [3.63, 3.8) is 0 Å². The van der Waals surface area contributed by atoms with E-state index in [0.29, 0.717) is 6.04 Å². The fourth-order valence-corrected chi connectivity index (χ4v) is 2.98. The van der Waals surface area contributed by atoms with E-state index in [4.69, 9.17) is 11.6 Å². The van der Waals surface area contributed by atoms with Crippen molar-refractivity contribution in [3.05, 3.63) is 21.3 Å². The quantitative estimate of drug-likeness (QED) is 0.876. The second kappa shape index (κ2) is 5.30. The predicted molar refractivity (Wildman–Crippen MR) is 66.3 cm³/mol. The molecule has 1 aromatic heterocycles. The van der Waals surface area contributed by atoms with Crippen LogP contribution in [0.4, 0.5) is 0 Å². The lowest BCUT2D eigenvalue weighted by molar-refractivity contribution is 0.134. The summed E-state index contributed by atoms with van der Waals surface area (Å²) in [4.78, 5) is 1.31. The SMILES string of the molecule is CC(NN1CCCCC1)c1ccc(Cl)s1. The molecule has 1 unspecified atom stereocenters. The molecule has 2 heterocycles. The number of halogens is 1. The summed E-state index contributed by atoms with van der Waals surface area (Å²) in [5.41, 5.74) is 3.53. The Bertz CT molecular complexity index is 307. The average molecular weight is 245 g/mol. The molecule has 0 amide bonds. The van der Waals surface area contributed by atoms with E-state index in [9.17, 15) is 0 Å². The van der Waals surface area contributed by atoms with Crippen molar-refractivity contribution >= 4 is 22.9 Å². The van der Waals surface area contributed by atoms with E-state index < -0.39 is 0 Å². The van der Waals surface area contributed by atoms with Crippen molar-refractivity contribution in [1.82, 2.24) is 10.4 Å². The molecule has 15 heavy (non-hydrogen) atoms. The maximum absolute atomic E-state index is 5.92. The summed E-state index contributed by atoms with van der Waals surface area (Å²) >= 11 is 7.59. The van der Waals surface area contributed by atoms with Gasteiger partial charge in [0.2, 0.25) is 0 Å². The lowest BCUT2D eigenvalue weighted by Crippen LogP contribution is -2.42. The normalized spacial score (nSPS) is 20.4. The van der Waals surface area contributed by atoms with Gasteiger partial charge in [0.05, 0.1) is 10.4 Å². The number of hydrogen-bond donors (Lipinski definition) is 1. The minimum atomic E-state index is 0.376. The minimum absolute atomic E-state index is 0.376. The van der Waals surface area contributed by atoms with Gasteiger partial charge in [0, 0.05) is 18.0 Å². The fraction of sp³-hybridized carbons (Fsp3) is 0.636. The van der Waals surface area contributed by atoms with E-state index in [1.165, 1.54) is 37.2 Å². The average Bonchev–Trinajstić information content (AvgIpc) is 2.66. The van der Waals surface area contributed by atoms with Gasteiger partial charge in [0.25, 0.3) is 0 Å². The van der Waals surface area contributed by atoms with Gasteiger partial charge in [-0.05, 0) is 31.9 Å². The van der Waals surface area contributed by atoms with E-state index in [-0.39, 0.29) is 0 Å². The van der Waals surface area contributed by atoms with E-state index in [2.05, 4.69) is 23.4 Å².